The van der Waals surface area contributed by atoms with Gasteiger partial charge in [0.2, 0.25) is 0 Å². The molecule has 140 valence electrons. The van der Waals surface area contributed by atoms with E-state index in [2.05, 4.69) is 34.7 Å². The summed E-state index contributed by atoms with van der Waals surface area (Å²) in [6, 6.07) is 16.2. The lowest BCUT2D eigenvalue weighted by atomic mass is 10.1. The number of guanidine groups is 1. The van der Waals surface area contributed by atoms with Crippen LogP contribution in [0.25, 0.3) is 0 Å². The average molecular weight is 355 g/mol. The van der Waals surface area contributed by atoms with Gasteiger partial charge in [0.25, 0.3) is 0 Å². The minimum Gasteiger partial charge on any atom is -0.497 e. The van der Waals surface area contributed by atoms with Crippen molar-refractivity contribution in [1.82, 2.24) is 10.6 Å². The monoisotopic (exact) mass is 355 g/mol. The number of aliphatic imine (C=N–C) groups is 1. The molecule has 0 saturated carbocycles. The number of methoxy groups -OCH3 is 2. The van der Waals surface area contributed by atoms with Crippen molar-refractivity contribution in [2.45, 2.75) is 26.3 Å². The first-order valence-corrected chi connectivity index (χ1v) is 9.03. The minimum atomic E-state index is 0.581. The highest BCUT2D eigenvalue weighted by Crippen LogP contribution is 2.17. The Labute approximate surface area is 156 Å². The summed E-state index contributed by atoms with van der Waals surface area (Å²) in [6.45, 7) is 4.34. The number of rotatable bonds is 9. The first-order chi connectivity index (χ1) is 12.8. The summed E-state index contributed by atoms with van der Waals surface area (Å²) >= 11 is 0. The molecular weight excluding hydrogens is 326 g/mol. The van der Waals surface area contributed by atoms with E-state index in [-0.39, 0.29) is 0 Å². The Hall–Kier alpha value is -2.69. The van der Waals surface area contributed by atoms with Crippen LogP contribution in [0, 0.1) is 0 Å². The highest BCUT2D eigenvalue weighted by molar-refractivity contribution is 5.79. The first kappa shape index (κ1) is 19.6. The molecule has 0 unspecified atom stereocenters. The molecule has 0 spiro atoms. The maximum Gasteiger partial charge on any atom is 0.191 e. The Bertz CT molecular complexity index is 684. The predicted molar refractivity (Wildman–Crippen MR) is 107 cm³/mol. The number of hydrogen-bond acceptors (Lipinski definition) is 3. The van der Waals surface area contributed by atoms with Crippen LogP contribution < -0.4 is 20.1 Å². The maximum atomic E-state index is 5.38. The molecule has 0 aliphatic carbocycles. The summed E-state index contributed by atoms with van der Waals surface area (Å²) in [5.41, 5.74) is 2.38. The van der Waals surface area contributed by atoms with Crippen molar-refractivity contribution in [2.24, 2.45) is 4.99 Å². The summed E-state index contributed by atoms with van der Waals surface area (Å²) in [6.07, 6.45) is 2.05. The van der Waals surface area contributed by atoms with Gasteiger partial charge < -0.3 is 20.1 Å². The molecule has 2 aromatic rings. The van der Waals surface area contributed by atoms with Gasteiger partial charge in [0.15, 0.2) is 5.96 Å². The molecule has 0 aliphatic heterocycles. The van der Waals surface area contributed by atoms with Crippen molar-refractivity contribution in [1.29, 1.82) is 0 Å². The van der Waals surface area contributed by atoms with Gasteiger partial charge in [-0.05, 0) is 43.5 Å². The molecule has 0 bridgehead atoms. The molecule has 0 saturated heterocycles. The van der Waals surface area contributed by atoms with Gasteiger partial charge in [-0.25, -0.2) is 4.99 Å². The lowest BCUT2D eigenvalue weighted by molar-refractivity contribution is 0.410. The molecule has 0 amide bonds. The maximum absolute atomic E-state index is 5.38. The number of nitrogens with one attached hydrogen (secondary N) is 2. The molecule has 0 aromatic heterocycles. The van der Waals surface area contributed by atoms with Gasteiger partial charge in [-0.2, -0.15) is 0 Å². The zero-order chi connectivity index (χ0) is 18.6. The third-order valence-corrected chi connectivity index (χ3v) is 4.04. The summed E-state index contributed by atoms with van der Waals surface area (Å²) < 4.78 is 10.6. The molecule has 5 heteroatoms. The molecule has 2 rings (SSSR count). The van der Waals surface area contributed by atoms with Crippen LogP contribution in [0.3, 0.4) is 0 Å². The standard InChI is InChI=1S/C21H29N3O2/c1-4-22-21(24-16-18-9-5-6-10-20(18)26-3)23-15-7-8-17-11-13-19(25-2)14-12-17/h5-6,9-14H,4,7-8,15-16H2,1-3H3,(H2,22,23,24). The fourth-order valence-corrected chi connectivity index (χ4v) is 2.63. The Morgan fingerprint density at radius 2 is 1.73 bits per heavy atom. The Morgan fingerprint density at radius 1 is 0.962 bits per heavy atom. The van der Waals surface area contributed by atoms with Gasteiger partial charge in [-0.3, -0.25) is 0 Å². The third kappa shape index (κ3) is 6.31. The van der Waals surface area contributed by atoms with E-state index in [0.717, 1.165) is 49.0 Å². The van der Waals surface area contributed by atoms with Crippen LogP contribution in [-0.2, 0) is 13.0 Å². The second-order valence-electron chi connectivity index (χ2n) is 5.89. The SMILES string of the molecule is CCNC(=NCc1ccccc1OC)NCCCc1ccc(OC)cc1. The van der Waals surface area contributed by atoms with Crippen LogP contribution >= 0.6 is 0 Å². The number of nitrogens with zero attached hydrogens (tertiary/aromatic N) is 1. The molecule has 5 nitrogen and oxygen atoms in total. The second-order valence-corrected chi connectivity index (χ2v) is 5.89. The molecule has 2 N–H and O–H groups in total. The number of aryl methyl sites for hydroxylation is 1. The minimum absolute atomic E-state index is 0.581. The highest BCUT2D eigenvalue weighted by Gasteiger charge is 2.02. The van der Waals surface area contributed by atoms with Gasteiger partial charge in [-0.15, -0.1) is 0 Å². The quantitative estimate of drug-likeness (QED) is 0.411. The topological polar surface area (TPSA) is 54.9 Å². The van der Waals surface area contributed by atoms with Crippen molar-refractivity contribution in [3.63, 3.8) is 0 Å². The number of ether oxygens (including phenoxy) is 2. The van der Waals surface area contributed by atoms with Crippen LogP contribution in [0.4, 0.5) is 0 Å². The largest absolute Gasteiger partial charge is 0.497 e. The zero-order valence-electron chi connectivity index (χ0n) is 15.9. The van der Waals surface area contributed by atoms with Crippen molar-refractivity contribution < 1.29 is 9.47 Å². The van der Waals surface area contributed by atoms with Crippen LogP contribution in [0.2, 0.25) is 0 Å². The molecule has 0 atom stereocenters. The van der Waals surface area contributed by atoms with Gasteiger partial charge in [0.1, 0.15) is 11.5 Å². The molecule has 0 aliphatic rings. The van der Waals surface area contributed by atoms with E-state index in [0.29, 0.717) is 6.54 Å². The number of hydrogen-bond donors (Lipinski definition) is 2. The summed E-state index contributed by atoms with van der Waals surface area (Å²) in [5, 5.41) is 6.68. The van der Waals surface area contributed by atoms with Gasteiger partial charge in [0.05, 0.1) is 20.8 Å². The molecule has 0 fully saturated rings. The van der Waals surface area contributed by atoms with Gasteiger partial charge in [-0.1, -0.05) is 30.3 Å². The van der Waals surface area contributed by atoms with Crippen molar-refractivity contribution in [3.8, 4) is 11.5 Å². The zero-order valence-corrected chi connectivity index (χ0v) is 15.9. The third-order valence-electron chi connectivity index (χ3n) is 4.04. The lowest BCUT2D eigenvalue weighted by Crippen LogP contribution is -2.37. The van der Waals surface area contributed by atoms with Crippen LogP contribution in [0.5, 0.6) is 11.5 Å². The fraction of sp³-hybridized carbons (Fsp3) is 0.381. The van der Waals surface area contributed by atoms with E-state index < -0.39 is 0 Å². The molecular formula is C21H29N3O2. The number of benzene rings is 2. The van der Waals surface area contributed by atoms with E-state index in [4.69, 9.17) is 9.47 Å². The molecule has 2 aromatic carbocycles. The Kier molecular flexibility index (Phi) is 8.33. The van der Waals surface area contributed by atoms with Crippen LogP contribution in [0.15, 0.2) is 53.5 Å². The highest BCUT2D eigenvalue weighted by atomic mass is 16.5. The van der Waals surface area contributed by atoms with Gasteiger partial charge in [0, 0.05) is 18.7 Å². The van der Waals surface area contributed by atoms with Crippen LogP contribution in [0.1, 0.15) is 24.5 Å². The molecule has 0 radical (unpaired) electrons. The summed E-state index contributed by atoms with van der Waals surface area (Å²) in [4.78, 5) is 4.66. The van der Waals surface area contributed by atoms with Gasteiger partial charge >= 0.3 is 0 Å². The van der Waals surface area contributed by atoms with E-state index in [1.807, 2.05) is 36.4 Å². The first-order valence-electron chi connectivity index (χ1n) is 9.03. The van der Waals surface area contributed by atoms with E-state index in [9.17, 15) is 0 Å². The predicted octanol–water partition coefficient (Wildman–Crippen LogP) is 3.39. The lowest BCUT2D eigenvalue weighted by Gasteiger charge is -2.12. The number of para-hydroxylation sites is 1. The summed E-state index contributed by atoms with van der Waals surface area (Å²) in [7, 11) is 3.37. The normalized spacial score (nSPS) is 11.1. The van der Waals surface area contributed by atoms with Crippen molar-refractivity contribution in [3.05, 3.63) is 59.7 Å². The van der Waals surface area contributed by atoms with Crippen molar-refractivity contribution >= 4 is 5.96 Å². The average Bonchev–Trinajstić information content (AvgIpc) is 2.69. The Morgan fingerprint density at radius 3 is 2.42 bits per heavy atom. The second kappa shape index (κ2) is 11.0. The Balaban J connectivity index is 1.83. The smallest absolute Gasteiger partial charge is 0.191 e. The molecule has 26 heavy (non-hydrogen) atoms. The molecule has 0 heterocycles. The summed E-state index contributed by atoms with van der Waals surface area (Å²) in [5.74, 6) is 2.59. The van der Waals surface area contributed by atoms with E-state index in [1.54, 1.807) is 14.2 Å². The van der Waals surface area contributed by atoms with Crippen molar-refractivity contribution in [2.75, 3.05) is 27.3 Å². The van der Waals surface area contributed by atoms with Crippen LogP contribution in [-0.4, -0.2) is 33.3 Å². The van der Waals surface area contributed by atoms with E-state index in [1.165, 1.54) is 5.56 Å². The fourth-order valence-electron chi connectivity index (χ4n) is 2.63. The van der Waals surface area contributed by atoms with E-state index >= 15 is 0 Å².